The molecule has 0 aliphatic carbocycles. The average Bonchev–Trinajstić information content (AvgIpc) is 1.39. The van der Waals surface area contributed by atoms with Gasteiger partial charge in [-0.25, -0.2) is 9.97 Å². The first-order valence-electron chi connectivity index (χ1n) is 47.6. The topological polar surface area (TPSA) is 87.5 Å². The van der Waals surface area contributed by atoms with Crippen LogP contribution in [0.2, 0.25) is 0 Å². The van der Waals surface area contributed by atoms with Crippen molar-refractivity contribution in [3.8, 4) is 0 Å². The van der Waals surface area contributed by atoms with Gasteiger partial charge in [-0.2, -0.15) is 0 Å². The molecule has 0 unspecified atom stereocenters. The summed E-state index contributed by atoms with van der Waals surface area (Å²) >= 11 is 0. The van der Waals surface area contributed by atoms with E-state index in [2.05, 4.69) is 79.7 Å². The van der Waals surface area contributed by atoms with Crippen LogP contribution < -0.4 is 9.97 Å². The zero-order valence-corrected chi connectivity index (χ0v) is 78.2. The molecule has 131 heavy (non-hydrogen) atoms. The summed E-state index contributed by atoms with van der Waals surface area (Å²) in [6.45, 7) is 17.9. The number of rotatable bonds is 8. The van der Waals surface area contributed by atoms with Crippen molar-refractivity contribution in [2.45, 2.75) is 107 Å². The van der Waals surface area contributed by atoms with Crippen LogP contribution in [0.25, 0.3) is 481 Å². The zero-order valence-electron chi connectivity index (χ0n) is 71.8. The maximum absolute atomic E-state index is 5.25. The summed E-state index contributed by atoms with van der Waals surface area (Å²) in [5.74, 6) is 0. The van der Waals surface area contributed by atoms with Gasteiger partial charge in [0.05, 0.1) is 22.8 Å². The second kappa shape index (κ2) is 18.4. The van der Waals surface area contributed by atoms with Crippen LogP contribution in [0.5, 0.6) is 0 Å². The van der Waals surface area contributed by atoms with E-state index < -0.39 is 0 Å². The molecular weight excluding hydrogens is 1730 g/mol. The Labute approximate surface area is 799 Å². The van der Waals surface area contributed by atoms with Gasteiger partial charge in [-0.3, -0.25) is 0 Å². The van der Waals surface area contributed by atoms with Crippen molar-refractivity contribution >= 4 is 475 Å². The summed E-state index contributed by atoms with van der Waals surface area (Å²) in [6, 6.07) is 21.0. The van der Waals surface area contributed by atoms with E-state index in [0.717, 1.165) is 96.2 Å². The Kier molecular flexibility index (Phi) is 9.36. The Bertz CT molecular complexity index is 10500. The van der Waals surface area contributed by atoms with E-state index in [1.54, 1.807) is 431 Å². The molecule has 0 atom stereocenters. The monoisotopic (exact) mass is 1780 g/mol. The van der Waals surface area contributed by atoms with Crippen molar-refractivity contribution in [1.82, 2.24) is 19.9 Å². The van der Waals surface area contributed by atoms with Crippen LogP contribution in [0.4, 0.5) is 0 Å². The third kappa shape index (κ3) is 4.94. The summed E-state index contributed by atoms with van der Waals surface area (Å²) in [7, 11) is 0. The van der Waals surface area contributed by atoms with E-state index >= 15 is 0 Å². The molecular formula is C122H52N5NiSc3-. The van der Waals surface area contributed by atoms with Crippen LogP contribution >= 0.6 is 0 Å². The van der Waals surface area contributed by atoms with Gasteiger partial charge in [0.2, 0.25) is 0 Å². The van der Waals surface area contributed by atoms with Crippen molar-refractivity contribution in [2.75, 3.05) is 0 Å². The normalized spacial score (nSPS) is 15.5. The Morgan fingerprint density at radius 3 is 0.305 bits per heavy atom. The molecule has 3 aromatic heterocycles. The Balaban J connectivity index is 0.000000120. The molecule has 2 aliphatic rings. The van der Waals surface area contributed by atoms with E-state index in [9.17, 15) is 0 Å². The first-order chi connectivity index (χ1) is 62.5. The van der Waals surface area contributed by atoms with E-state index in [4.69, 9.17) is 19.9 Å². The molecule has 43 aromatic carbocycles. The van der Waals surface area contributed by atoms with Gasteiger partial charge >= 0.3 is 16.5 Å². The quantitative estimate of drug-likeness (QED) is 0.0861. The first-order valence-corrected chi connectivity index (χ1v) is 47.6. The number of hydrogen-bond donors (Lipinski definition) is 0. The van der Waals surface area contributed by atoms with Crippen LogP contribution in [0.3, 0.4) is 0 Å². The summed E-state index contributed by atoms with van der Waals surface area (Å²) in [6.07, 6.45) is 7.60. The number of nitrogens with two attached hydrogens (primary N) is 1. The van der Waals surface area contributed by atoms with Gasteiger partial charge in [0.1, 0.15) is 0 Å². The third-order valence-electron chi connectivity index (χ3n) is 39.5. The summed E-state index contributed by atoms with van der Waals surface area (Å²) < 4.78 is 0. The van der Waals surface area contributed by atoms with Crippen molar-refractivity contribution in [3.05, 3.63) is 112 Å². The van der Waals surface area contributed by atoms with E-state index in [1.165, 1.54) is 44.5 Å². The second-order valence-electron chi connectivity index (χ2n) is 41.9. The maximum Gasteiger partial charge on any atom is 2.00 e. The number of allylic oxidation sites excluding steroid dienone is 4. The van der Waals surface area contributed by atoms with Gasteiger partial charge in [-0.15, -0.1) is 22.1 Å². The van der Waals surface area contributed by atoms with Crippen LogP contribution in [0.15, 0.2) is 60.7 Å². The summed E-state index contributed by atoms with van der Waals surface area (Å²) in [5.41, 5.74) is 19.1. The van der Waals surface area contributed by atoms with Crippen LogP contribution in [0.1, 0.15) is 126 Å². The minimum absolute atomic E-state index is 0. The average molecular weight is 1780 g/mol. The number of benzene rings is 31. The Morgan fingerprint density at radius 2 is 0.237 bits per heavy atom. The smallest absolute Gasteiger partial charge is 0.693 e. The van der Waals surface area contributed by atoms with Crippen molar-refractivity contribution in [3.63, 3.8) is 0 Å². The molecule has 2 N–H and O–H groups in total. The Morgan fingerprint density at radius 1 is 0.153 bits per heavy atom. The summed E-state index contributed by atoms with van der Waals surface area (Å²) in [5, 5.41) is 133. The molecule has 8 bridgehead atoms. The number of fused-ring (bicyclic) bond motifs is 8. The predicted molar refractivity (Wildman–Crippen MR) is 551 cm³/mol. The summed E-state index contributed by atoms with van der Waals surface area (Å²) in [4.78, 5) is 21.0. The van der Waals surface area contributed by atoms with Crippen molar-refractivity contribution in [1.29, 1.82) is 0 Å². The van der Waals surface area contributed by atoms with E-state index in [-0.39, 0.29) is 100 Å². The van der Waals surface area contributed by atoms with E-state index in [0.29, 0.717) is 0 Å². The largest absolute Gasteiger partial charge is 2.00 e. The molecule has 3 radical (unpaired) electrons. The van der Waals surface area contributed by atoms with Crippen LogP contribution in [0, 0.1) is 0 Å². The van der Waals surface area contributed by atoms with Gasteiger partial charge in [0.25, 0.3) is 0 Å². The molecule has 48 rings (SSSR count). The fourth-order valence-corrected chi connectivity index (χ4v) is 37.3. The van der Waals surface area contributed by atoms with Crippen molar-refractivity contribution < 1.29 is 94.0 Å². The molecule has 585 valence electrons. The molecule has 0 saturated carbocycles. The van der Waals surface area contributed by atoms with Crippen molar-refractivity contribution in [2.24, 2.45) is 0 Å². The molecule has 46 aromatic rings. The molecule has 2 aliphatic heterocycles. The van der Waals surface area contributed by atoms with Gasteiger partial charge < -0.3 is 16.1 Å². The molecule has 5 nitrogen and oxygen atoms in total. The Hall–Kier alpha value is -11.5. The first kappa shape index (κ1) is 66.8. The molecule has 9 heteroatoms. The zero-order chi connectivity index (χ0) is 79.0. The van der Waals surface area contributed by atoms with Gasteiger partial charge in [0.15, 0.2) is 0 Å². The molecule has 0 saturated heterocycles. The number of aryl methyl sites for hydroxylation is 4. The molecule has 0 fully saturated rings. The number of aromatic nitrogens is 4. The van der Waals surface area contributed by atoms with Gasteiger partial charge in [-0.1, -0.05) is 138 Å². The minimum atomic E-state index is 0. The second-order valence-corrected chi connectivity index (χ2v) is 41.9. The standard InChI is InChI=1S/C80.C36H44N4.C6H6.H2N.Ni.3Sc/c1-21-2-32-31(1)61-33-3-23-7-37(33)65-42-12-27-15-44(42)68-47-17-29-16-46(47)67-40-11-25-8(38(40)62(32)72-71(61)73(65)75(68)74(67)72)53(2)54-5-22(21)4-34-35(5)64-41-10(54)26(25)13-43(41)69-49-19(58(13)57(11)16)30(29)20-50(49)70-48-18(60(20)59(15)17)28(27)14-45(48)66-39-9(56(14)55(7)12)24(23)6(52(4)51(1)3)36(39)63(34)76-77(64)79(69)80(70)78(66)76;1-9-21-22(10-2)30-18-32-25(13-5)26(14-6)34(39-32)20-36-28(16-8)27(15-7)35(40-36)19-33-24(12-4)23(11-3)31(38-33)17-29(21)37-30;1-2-4-6-5-3-1;;;;;/h;17-20H,9-16H2,1-8H3;1-6H;1H2;;;;/q;-2;;-1;+2;;;. The number of hydrogen-bond acceptors (Lipinski definition) is 2. The predicted octanol–water partition coefficient (Wildman–Crippen LogP) is 35.3. The van der Waals surface area contributed by atoms with E-state index in [1.807, 2.05) is 36.4 Å². The molecule has 5 heterocycles. The fourth-order valence-electron chi connectivity index (χ4n) is 37.3. The van der Waals surface area contributed by atoms with Gasteiger partial charge in [0, 0.05) is 508 Å². The third-order valence-corrected chi connectivity index (χ3v) is 39.5. The van der Waals surface area contributed by atoms with Gasteiger partial charge in [-0.05, 0) is 73.7 Å². The molecule has 0 spiro atoms. The van der Waals surface area contributed by atoms with Crippen LogP contribution in [-0.4, -0.2) is 9.97 Å². The maximum atomic E-state index is 5.25. The minimum Gasteiger partial charge on any atom is -0.693 e. The molecule has 0 amide bonds. The fraction of sp³-hybridized carbons (Fsp3) is 0.131. The van der Waals surface area contributed by atoms with Crippen LogP contribution in [-0.2, 0) is 120 Å². The SMILES string of the molecule is CCC1=C(CC)c2cc3[n-]c(cc4nc(cc5[n-]c(cc1n2)c(CC)c5CC)C(CC)=C4CC)c(CC)c3CC.[NH2-].[Ni+2].[Sc].[Sc].[Sc].c12c3c4c5c6c3c3c7c8c9c%10c%11c%12c9c9c%13c%14c%15c%16c%17c%18c%15c%15c%19c%20c%21c%22c%23c%24c%21c%15c%14c%14c%13c%12c%12c%13c%15c(c%12c%24%14)c%23c%12c%14c%21c%23c(c%24c%25c%23c(c%20c%20c%19c%18c%18c(c(c%19c%18c%17c(c8c%169)c7c%196)c5%24)c%25%20)c%14%22)c4c4c1c(c(c2c%103)c%13%11)c%15c%12c%214.c1ccccc1. The number of nitrogens with zero attached hydrogens (tertiary/aromatic N) is 4.